The van der Waals surface area contributed by atoms with Crippen molar-refractivity contribution in [2.24, 2.45) is 0 Å². The minimum absolute atomic E-state index is 0.191. The van der Waals surface area contributed by atoms with E-state index < -0.39 is 29.3 Å². The maximum Gasteiger partial charge on any atom is 0.332 e. The van der Waals surface area contributed by atoms with Gasteiger partial charge in [0.2, 0.25) is 0 Å². The lowest BCUT2D eigenvalue weighted by Gasteiger charge is -2.36. The Morgan fingerprint density at radius 3 is 2.00 bits per heavy atom. The van der Waals surface area contributed by atoms with Crippen molar-refractivity contribution in [1.29, 1.82) is 0 Å². The van der Waals surface area contributed by atoms with Crippen molar-refractivity contribution >= 4 is 11.9 Å². The van der Waals surface area contributed by atoms with Gasteiger partial charge < -0.3 is 14.4 Å². The van der Waals surface area contributed by atoms with Gasteiger partial charge in [-0.15, -0.1) is 0 Å². The molecule has 0 aromatic heterocycles. The molecule has 0 bridgehead atoms. The molecule has 0 fully saturated rings. The summed E-state index contributed by atoms with van der Waals surface area (Å²) in [6, 6.07) is 22.9. The number of carbonyl (C=O) groups excluding carboxylic acids is 2. The molecule has 2 atom stereocenters. The summed E-state index contributed by atoms with van der Waals surface area (Å²) in [7, 11) is 0. The van der Waals surface area contributed by atoms with E-state index in [-0.39, 0.29) is 5.91 Å². The van der Waals surface area contributed by atoms with Crippen molar-refractivity contribution in [3.63, 3.8) is 0 Å². The van der Waals surface area contributed by atoms with Gasteiger partial charge in [-0.3, -0.25) is 4.79 Å². The van der Waals surface area contributed by atoms with Crippen molar-refractivity contribution in [3.8, 4) is 23.0 Å². The molecular weight excluding hydrogens is 486 g/mol. The Bertz CT molecular complexity index is 1400. The zero-order chi connectivity index (χ0) is 28.4. The standard InChI is InChI=1S/C34H37NO4/c1-23(38-33(2,3)4)30(32(37)39-34(5,6)7)35-22-28-21-27(19-20-29(28)31(35)36)26-17-15-25(16-18-26)14-13-24-11-9-8-10-12-24/h8-12,15-21,23,30H,22H2,1-7H3/t23-,30+/m1/s1. The Morgan fingerprint density at radius 1 is 0.821 bits per heavy atom. The lowest BCUT2D eigenvalue weighted by Crippen LogP contribution is -2.52. The van der Waals surface area contributed by atoms with Crippen LogP contribution in [0.2, 0.25) is 0 Å². The van der Waals surface area contributed by atoms with Crippen LogP contribution in [0.15, 0.2) is 72.8 Å². The van der Waals surface area contributed by atoms with E-state index in [1.807, 2.05) is 121 Å². The summed E-state index contributed by atoms with van der Waals surface area (Å²) < 4.78 is 11.9. The zero-order valence-corrected chi connectivity index (χ0v) is 23.9. The summed E-state index contributed by atoms with van der Waals surface area (Å²) in [5.74, 6) is 5.72. The molecular formula is C34H37NO4. The number of amides is 1. The molecule has 1 heterocycles. The molecule has 0 N–H and O–H groups in total. The molecule has 4 rings (SSSR count). The van der Waals surface area contributed by atoms with Crippen LogP contribution in [0.1, 0.15) is 75.5 Å². The average Bonchev–Trinajstić information content (AvgIpc) is 3.16. The second-order valence-electron chi connectivity index (χ2n) is 11.9. The third-order valence-corrected chi connectivity index (χ3v) is 6.25. The Balaban J connectivity index is 1.57. The van der Waals surface area contributed by atoms with E-state index in [0.29, 0.717) is 12.1 Å². The van der Waals surface area contributed by atoms with Crippen LogP contribution in [0, 0.1) is 11.8 Å². The Morgan fingerprint density at radius 2 is 1.41 bits per heavy atom. The Labute approximate surface area is 232 Å². The molecule has 1 aliphatic heterocycles. The fourth-order valence-electron chi connectivity index (χ4n) is 4.72. The van der Waals surface area contributed by atoms with Gasteiger partial charge in [-0.1, -0.05) is 48.2 Å². The monoisotopic (exact) mass is 523 g/mol. The number of esters is 1. The highest BCUT2D eigenvalue weighted by molar-refractivity contribution is 6.01. The van der Waals surface area contributed by atoms with Gasteiger partial charge in [0.25, 0.3) is 5.91 Å². The van der Waals surface area contributed by atoms with Crippen molar-refractivity contribution in [2.75, 3.05) is 0 Å². The molecule has 202 valence electrons. The molecule has 0 radical (unpaired) electrons. The van der Waals surface area contributed by atoms with Gasteiger partial charge in [0, 0.05) is 23.2 Å². The van der Waals surface area contributed by atoms with Crippen LogP contribution in [0.4, 0.5) is 0 Å². The fraction of sp³-hybridized carbons (Fsp3) is 0.353. The van der Waals surface area contributed by atoms with E-state index in [4.69, 9.17) is 9.47 Å². The molecule has 0 unspecified atom stereocenters. The topological polar surface area (TPSA) is 55.8 Å². The summed E-state index contributed by atoms with van der Waals surface area (Å²) in [6.45, 7) is 13.4. The highest BCUT2D eigenvalue weighted by atomic mass is 16.6. The minimum atomic E-state index is -0.866. The summed E-state index contributed by atoms with van der Waals surface area (Å²) in [6.07, 6.45) is -0.554. The lowest BCUT2D eigenvalue weighted by molar-refractivity contribution is -0.170. The van der Waals surface area contributed by atoms with Gasteiger partial charge in [0.15, 0.2) is 6.04 Å². The van der Waals surface area contributed by atoms with Crippen molar-refractivity contribution in [2.45, 2.75) is 78.4 Å². The molecule has 3 aromatic carbocycles. The third-order valence-electron chi connectivity index (χ3n) is 6.25. The van der Waals surface area contributed by atoms with E-state index in [2.05, 4.69) is 11.8 Å². The van der Waals surface area contributed by atoms with E-state index in [1.54, 1.807) is 4.90 Å². The number of nitrogens with zero attached hydrogens (tertiary/aromatic N) is 1. The molecule has 0 saturated carbocycles. The molecule has 39 heavy (non-hydrogen) atoms. The highest BCUT2D eigenvalue weighted by Gasteiger charge is 2.43. The smallest absolute Gasteiger partial charge is 0.332 e. The Hall–Kier alpha value is -3.88. The third kappa shape index (κ3) is 7.16. The molecule has 0 saturated heterocycles. The first kappa shape index (κ1) is 28.1. The molecule has 5 heteroatoms. The first-order valence-electron chi connectivity index (χ1n) is 13.3. The minimum Gasteiger partial charge on any atom is -0.458 e. The number of fused-ring (bicyclic) bond motifs is 1. The van der Waals surface area contributed by atoms with Gasteiger partial charge in [-0.25, -0.2) is 4.79 Å². The van der Waals surface area contributed by atoms with Gasteiger partial charge >= 0.3 is 5.97 Å². The molecule has 5 nitrogen and oxygen atoms in total. The van der Waals surface area contributed by atoms with Crippen LogP contribution in [0.5, 0.6) is 0 Å². The summed E-state index contributed by atoms with van der Waals surface area (Å²) in [5.41, 5.74) is 4.24. The SMILES string of the molecule is C[C@@H](OC(C)(C)C)[C@@H](C(=O)OC(C)(C)C)N1Cc2cc(-c3ccc(C#Cc4ccccc4)cc3)ccc2C1=O. The zero-order valence-electron chi connectivity index (χ0n) is 23.9. The summed E-state index contributed by atoms with van der Waals surface area (Å²) >= 11 is 0. The van der Waals surface area contributed by atoms with Crippen LogP contribution in [-0.4, -0.2) is 40.1 Å². The number of rotatable bonds is 5. The van der Waals surface area contributed by atoms with Gasteiger partial charge in [0.1, 0.15) is 5.60 Å². The number of hydrogen-bond acceptors (Lipinski definition) is 4. The predicted molar refractivity (Wildman–Crippen MR) is 154 cm³/mol. The predicted octanol–water partition coefficient (Wildman–Crippen LogP) is 6.62. The fourth-order valence-corrected chi connectivity index (χ4v) is 4.72. The van der Waals surface area contributed by atoms with E-state index in [1.165, 1.54) is 0 Å². The van der Waals surface area contributed by atoms with E-state index in [9.17, 15) is 9.59 Å². The quantitative estimate of drug-likeness (QED) is 0.278. The van der Waals surface area contributed by atoms with Gasteiger partial charge in [-0.2, -0.15) is 0 Å². The number of carbonyl (C=O) groups is 2. The van der Waals surface area contributed by atoms with E-state index in [0.717, 1.165) is 27.8 Å². The van der Waals surface area contributed by atoms with Crippen LogP contribution in [-0.2, 0) is 20.8 Å². The second-order valence-corrected chi connectivity index (χ2v) is 11.9. The molecule has 1 aliphatic rings. The Kier molecular flexibility index (Phi) is 7.99. The van der Waals surface area contributed by atoms with Crippen molar-refractivity contribution in [1.82, 2.24) is 4.90 Å². The van der Waals surface area contributed by atoms with Crippen molar-refractivity contribution in [3.05, 3.63) is 95.1 Å². The summed E-state index contributed by atoms with van der Waals surface area (Å²) in [5, 5.41) is 0. The van der Waals surface area contributed by atoms with Gasteiger partial charge in [0.05, 0.1) is 11.7 Å². The van der Waals surface area contributed by atoms with Crippen LogP contribution >= 0.6 is 0 Å². The largest absolute Gasteiger partial charge is 0.458 e. The van der Waals surface area contributed by atoms with Crippen LogP contribution in [0.3, 0.4) is 0 Å². The van der Waals surface area contributed by atoms with Gasteiger partial charge in [-0.05, 0) is 102 Å². The maximum absolute atomic E-state index is 13.5. The number of hydrogen-bond donors (Lipinski definition) is 0. The first-order valence-corrected chi connectivity index (χ1v) is 13.3. The molecule has 1 amide bonds. The lowest BCUT2D eigenvalue weighted by atomic mass is 9.99. The number of ether oxygens (including phenoxy) is 2. The molecule has 3 aromatic rings. The normalized spacial score (nSPS) is 14.7. The molecule has 0 spiro atoms. The second kappa shape index (κ2) is 11.1. The highest BCUT2D eigenvalue weighted by Crippen LogP contribution is 2.32. The van der Waals surface area contributed by atoms with Crippen molar-refractivity contribution < 1.29 is 19.1 Å². The maximum atomic E-state index is 13.5. The van der Waals surface area contributed by atoms with E-state index >= 15 is 0 Å². The average molecular weight is 524 g/mol. The first-order chi connectivity index (χ1) is 18.3. The molecule has 0 aliphatic carbocycles. The van der Waals surface area contributed by atoms with Crippen LogP contribution < -0.4 is 0 Å². The number of benzene rings is 3. The summed E-state index contributed by atoms with van der Waals surface area (Å²) in [4.78, 5) is 28.4. The van der Waals surface area contributed by atoms with Crippen LogP contribution in [0.25, 0.3) is 11.1 Å².